The second kappa shape index (κ2) is 6.38. The van der Waals surface area contributed by atoms with Crippen LogP contribution in [0.15, 0.2) is 42.5 Å². The summed E-state index contributed by atoms with van der Waals surface area (Å²) in [5, 5.41) is 9.09. The average molecular weight is 303 g/mol. The van der Waals surface area contributed by atoms with Crippen LogP contribution in [-0.4, -0.2) is 13.0 Å². The summed E-state index contributed by atoms with van der Waals surface area (Å²) < 4.78 is 13.7. The van der Waals surface area contributed by atoms with Crippen molar-refractivity contribution >= 4 is 23.2 Å². The highest BCUT2D eigenvalue weighted by molar-refractivity contribution is 6.31. The van der Waals surface area contributed by atoms with Crippen molar-refractivity contribution in [1.29, 1.82) is 5.26 Å². The molecule has 0 N–H and O–H groups in total. The van der Waals surface area contributed by atoms with Crippen molar-refractivity contribution in [3.05, 3.63) is 64.4 Å². The lowest BCUT2D eigenvalue weighted by Crippen LogP contribution is -2.28. The topological polar surface area (TPSA) is 44.1 Å². The van der Waals surface area contributed by atoms with Crippen LogP contribution in [0.5, 0.6) is 0 Å². The molecule has 0 radical (unpaired) electrons. The predicted molar refractivity (Wildman–Crippen MR) is 79.7 cm³/mol. The number of benzene rings is 2. The zero-order valence-corrected chi connectivity index (χ0v) is 12.1. The maximum Gasteiger partial charge on any atom is 0.231 e. The van der Waals surface area contributed by atoms with Crippen LogP contribution in [0.4, 0.5) is 10.1 Å². The minimum atomic E-state index is -0.505. The Morgan fingerprint density at radius 1 is 1.33 bits per heavy atom. The SMILES string of the molecule is CN(C(=O)Cc1c(F)cccc1Cl)c1cccc(C#N)c1. The molecule has 0 aliphatic heterocycles. The molecule has 2 rings (SSSR count). The molecule has 0 fully saturated rings. The van der Waals surface area contributed by atoms with Gasteiger partial charge in [-0.15, -0.1) is 0 Å². The second-order valence-corrected chi connectivity index (χ2v) is 4.90. The molecule has 0 heterocycles. The Hall–Kier alpha value is -2.38. The van der Waals surface area contributed by atoms with E-state index < -0.39 is 5.82 Å². The van der Waals surface area contributed by atoms with Gasteiger partial charge in [-0.3, -0.25) is 4.79 Å². The van der Waals surface area contributed by atoms with E-state index in [-0.39, 0.29) is 22.9 Å². The Balaban J connectivity index is 2.22. The van der Waals surface area contributed by atoms with Gasteiger partial charge in [0, 0.05) is 23.3 Å². The minimum Gasteiger partial charge on any atom is -0.315 e. The van der Waals surface area contributed by atoms with Crippen LogP contribution < -0.4 is 4.90 Å². The summed E-state index contributed by atoms with van der Waals surface area (Å²) in [6.07, 6.45) is -0.140. The fourth-order valence-electron chi connectivity index (χ4n) is 1.90. The van der Waals surface area contributed by atoms with Crippen molar-refractivity contribution < 1.29 is 9.18 Å². The zero-order chi connectivity index (χ0) is 15.4. The van der Waals surface area contributed by atoms with E-state index in [1.54, 1.807) is 37.4 Å². The molecule has 0 atom stereocenters. The molecule has 0 saturated heterocycles. The monoisotopic (exact) mass is 302 g/mol. The van der Waals surface area contributed by atoms with Gasteiger partial charge in [0.2, 0.25) is 5.91 Å². The summed E-state index contributed by atoms with van der Waals surface area (Å²) in [5.41, 5.74) is 1.20. The van der Waals surface area contributed by atoms with E-state index >= 15 is 0 Å². The van der Waals surface area contributed by atoms with Crippen molar-refractivity contribution in [2.45, 2.75) is 6.42 Å². The zero-order valence-electron chi connectivity index (χ0n) is 11.3. The molecular weight excluding hydrogens is 291 g/mol. The van der Waals surface area contributed by atoms with E-state index in [2.05, 4.69) is 0 Å². The molecule has 2 aromatic carbocycles. The highest BCUT2D eigenvalue weighted by Crippen LogP contribution is 2.21. The van der Waals surface area contributed by atoms with Gasteiger partial charge >= 0.3 is 0 Å². The average Bonchev–Trinajstić information content (AvgIpc) is 2.50. The van der Waals surface area contributed by atoms with Gasteiger partial charge in [-0.2, -0.15) is 5.26 Å². The lowest BCUT2D eigenvalue weighted by molar-refractivity contribution is -0.117. The van der Waals surface area contributed by atoms with E-state index in [0.717, 1.165) is 0 Å². The summed E-state index contributed by atoms with van der Waals surface area (Å²) in [7, 11) is 1.58. The highest BCUT2D eigenvalue weighted by Gasteiger charge is 2.16. The highest BCUT2D eigenvalue weighted by atomic mass is 35.5. The third-order valence-corrected chi connectivity index (χ3v) is 3.48. The predicted octanol–water partition coefficient (Wildman–Crippen LogP) is 3.56. The summed E-state index contributed by atoms with van der Waals surface area (Å²) in [4.78, 5) is 13.6. The first-order valence-corrected chi connectivity index (χ1v) is 6.60. The number of hydrogen-bond donors (Lipinski definition) is 0. The van der Waals surface area contributed by atoms with Crippen molar-refractivity contribution in [2.75, 3.05) is 11.9 Å². The van der Waals surface area contributed by atoms with Crippen molar-refractivity contribution in [1.82, 2.24) is 0 Å². The number of carbonyl (C=O) groups excluding carboxylic acids is 1. The molecule has 2 aromatic rings. The number of nitrogens with zero attached hydrogens (tertiary/aromatic N) is 2. The van der Waals surface area contributed by atoms with E-state index in [1.165, 1.54) is 17.0 Å². The molecule has 0 unspecified atom stereocenters. The number of carbonyl (C=O) groups is 1. The molecule has 3 nitrogen and oxygen atoms in total. The Kier molecular flexibility index (Phi) is 4.56. The summed E-state index contributed by atoms with van der Waals surface area (Å²) in [5.74, 6) is -0.813. The molecule has 0 aliphatic rings. The first-order valence-electron chi connectivity index (χ1n) is 6.22. The van der Waals surface area contributed by atoms with Crippen LogP contribution in [0, 0.1) is 17.1 Å². The maximum absolute atomic E-state index is 13.7. The van der Waals surface area contributed by atoms with E-state index in [1.807, 2.05) is 6.07 Å². The van der Waals surface area contributed by atoms with E-state index in [4.69, 9.17) is 16.9 Å². The van der Waals surface area contributed by atoms with Gasteiger partial charge in [0.25, 0.3) is 0 Å². The smallest absolute Gasteiger partial charge is 0.231 e. The molecule has 0 spiro atoms. The molecule has 106 valence electrons. The van der Waals surface area contributed by atoms with Crippen LogP contribution in [-0.2, 0) is 11.2 Å². The summed E-state index contributed by atoms with van der Waals surface area (Å²) in [6, 6.07) is 13.0. The van der Waals surface area contributed by atoms with E-state index in [9.17, 15) is 9.18 Å². The van der Waals surface area contributed by atoms with Crippen LogP contribution >= 0.6 is 11.6 Å². The van der Waals surface area contributed by atoms with Gasteiger partial charge in [-0.05, 0) is 30.3 Å². The lowest BCUT2D eigenvalue weighted by Gasteiger charge is -2.18. The molecule has 5 heteroatoms. The van der Waals surface area contributed by atoms with Crippen molar-refractivity contribution in [3.63, 3.8) is 0 Å². The quantitative estimate of drug-likeness (QED) is 0.870. The van der Waals surface area contributed by atoms with E-state index in [0.29, 0.717) is 11.3 Å². The number of hydrogen-bond acceptors (Lipinski definition) is 2. The first kappa shape index (κ1) is 15.0. The Labute approximate surface area is 127 Å². The second-order valence-electron chi connectivity index (χ2n) is 4.49. The number of rotatable bonds is 3. The van der Waals surface area contributed by atoms with Gasteiger partial charge in [0.1, 0.15) is 5.82 Å². The standard InChI is InChI=1S/C16H12ClFN2O/c1-20(12-5-2-4-11(8-12)10-19)16(21)9-13-14(17)6-3-7-15(13)18/h2-8H,9H2,1H3. The number of likely N-dealkylation sites (N-methyl/N-ethyl adjacent to an activating group) is 1. The van der Waals surface area contributed by atoms with Gasteiger partial charge in [-0.1, -0.05) is 23.7 Å². The molecular formula is C16H12ClFN2O. The first-order chi connectivity index (χ1) is 10.0. The van der Waals surface area contributed by atoms with Crippen molar-refractivity contribution in [3.8, 4) is 6.07 Å². The molecule has 1 amide bonds. The van der Waals surface area contributed by atoms with Gasteiger partial charge < -0.3 is 4.90 Å². The van der Waals surface area contributed by atoms with Gasteiger partial charge in [0.15, 0.2) is 0 Å². The van der Waals surface area contributed by atoms with Crippen molar-refractivity contribution in [2.24, 2.45) is 0 Å². The Morgan fingerprint density at radius 2 is 2.05 bits per heavy atom. The lowest BCUT2D eigenvalue weighted by atomic mass is 10.1. The fraction of sp³-hybridized carbons (Fsp3) is 0.125. The maximum atomic E-state index is 13.7. The largest absolute Gasteiger partial charge is 0.315 e. The number of nitriles is 1. The molecule has 0 bridgehead atoms. The number of anilines is 1. The third-order valence-electron chi connectivity index (χ3n) is 3.13. The molecule has 21 heavy (non-hydrogen) atoms. The third kappa shape index (κ3) is 3.39. The van der Waals surface area contributed by atoms with Crippen LogP contribution in [0.25, 0.3) is 0 Å². The van der Waals surface area contributed by atoms with Crippen LogP contribution in [0.2, 0.25) is 5.02 Å². The minimum absolute atomic E-state index is 0.140. The number of amides is 1. The summed E-state index contributed by atoms with van der Waals surface area (Å²) >= 11 is 5.92. The van der Waals surface area contributed by atoms with Gasteiger partial charge in [-0.25, -0.2) is 4.39 Å². The van der Waals surface area contributed by atoms with Gasteiger partial charge in [0.05, 0.1) is 18.1 Å². The Morgan fingerprint density at radius 3 is 2.71 bits per heavy atom. The Bertz CT molecular complexity index is 704. The normalized spacial score (nSPS) is 10.0. The number of halogens is 2. The summed E-state index contributed by atoms with van der Waals surface area (Å²) in [6.45, 7) is 0. The fourth-order valence-corrected chi connectivity index (χ4v) is 2.13. The van der Waals surface area contributed by atoms with Crippen LogP contribution in [0.1, 0.15) is 11.1 Å². The van der Waals surface area contributed by atoms with Crippen LogP contribution in [0.3, 0.4) is 0 Å². The molecule has 0 saturated carbocycles. The molecule has 0 aromatic heterocycles. The molecule has 0 aliphatic carbocycles.